The number of aryl methyl sites for hydroxylation is 1. The van der Waals surface area contributed by atoms with E-state index in [1.807, 2.05) is 0 Å². The molecule has 0 fully saturated rings. The highest BCUT2D eigenvalue weighted by atomic mass is 16.5. The maximum Gasteiger partial charge on any atom is 0.141 e. The van der Waals surface area contributed by atoms with E-state index in [1.54, 1.807) is 6.92 Å². The van der Waals surface area contributed by atoms with Crippen molar-refractivity contribution in [3.63, 3.8) is 0 Å². The van der Waals surface area contributed by atoms with E-state index in [9.17, 15) is 0 Å². The van der Waals surface area contributed by atoms with Crippen molar-refractivity contribution in [1.29, 1.82) is 0 Å². The van der Waals surface area contributed by atoms with Gasteiger partial charge in [0.05, 0.1) is 6.20 Å². The molecule has 4 heteroatoms. The van der Waals surface area contributed by atoms with Crippen molar-refractivity contribution in [1.82, 2.24) is 9.71 Å². The Hall–Kier alpha value is -1.03. The van der Waals surface area contributed by atoms with E-state index < -0.39 is 0 Å². The number of aromatic nitrogens is 2. The lowest BCUT2D eigenvalue weighted by Gasteiger charge is -1.86. The third kappa shape index (κ3) is 0.974. The number of rotatable bonds is 0. The van der Waals surface area contributed by atoms with Crippen molar-refractivity contribution in [3.8, 4) is 0 Å². The molecular weight excluding hydrogens is 108 g/mol. The molecule has 0 aliphatic carbocycles. The molecule has 1 aromatic rings. The van der Waals surface area contributed by atoms with Gasteiger partial charge in [-0.25, -0.2) is 4.98 Å². The molecule has 0 unspecified atom stereocenters. The van der Waals surface area contributed by atoms with Crippen LogP contribution in [0.3, 0.4) is 0 Å². The molecule has 0 spiro atoms. The Morgan fingerprint density at radius 3 is 2.50 bits per heavy atom. The minimum absolute atomic E-state index is 0. The van der Waals surface area contributed by atoms with Gasteiger partial charge in [-0.15, -0.1) is 0 Å². The topological polar surface area (TPSA) is 69.5 Å². The molecule has 1 rings (SSSR count). The first-order valence-electron chi connectivity index (χ1n) is 2.00. The van der Waals surface area contributed by atoms with Gasteiger partial charge in [-0.2, -0.15) is 4.73 Å². The van der Waals surface area contributed by atoms with Crippen LogP contribution >= 0.6 is 0 Å². The summed E-state index contributed by atoms with van der Waals surface area (Å²) in [6.07, 6.45) is 3.02. The van der Waals surface area contributed by atoms with E-state index in [0.717, 1.165) is 4.73 Å². The van der Waals surface area contributed by atoms with Gasteiger partial charge in [0.15, 0.2) is 0 Å². The summed E-state index contributed by atoms with van der Waals surface area (Å²) < 4.78 is 0.972. The fourth-order valence-corrected chi connectivity index (χ4v) is 0.371. The van der Waals surface area contributed by atoms with Crippen molar-refractivity contribution in [3.05, 3.63) is 18.2 Å². The van der Waals surface area contributed by atoms with Crippen LogP contribution in [0.2, 0.25) is 0 Å². The number of imidazole rings is 1. The van der Waals surface area contributed by atoms with Gasteiger partial charge in [0.1, 0.15) is 5.82 Å². The number of hydrogen-bond acceptors (Lipinski definition) is 2. The monoisotopic (exact) mass is 116 g/mol. The Balaban J connectivity index is 0.000000490. The van der Waals surface area contributed by atoms with E-state index >= 15 is 0 Å². The zero-order valence-corrected chi connectivity index (χ0v) is 4.50. The minimum Gasteiger partial charge on any atom is -0.427 e. The Bertz CT molecular complexity index is 144. The molecule has 0 amide bonds. The van der Waals surface area contributed by atoms with Crippen LogP contribution in [-0.4, -0.2) is 20.4 Å². The number of hydrogen-bond donors (Lipinski definition) is 1. The molecule has 4 nitrogen and oxygen atoms in total. The first kappa shape index (κ1) is 6.97. The maximum absolute atomic E-state index is 8.61. The molecular formula is C4H8N2O2. The fourth-order valence-electron chi connectivity index (χ4n) is 0.371. The molecule has 1 heterocycles. The molecule has 0 saturated heterocycles. The quantitative estimate of drug-likeness (QED) is 0.469. The molecule has 3 N–H and O–H groups in total. The Kier molecular flexibility index (Phi) is 2.02. The van der Waals surface area contributed by atoms with E-state index in [0.29, 0.717) is 5.82 Å². The minimum atomic E-state index is 0. The predicted molar refractivity (Wildman–Crippen MR) is 27.8 cm³/mol. The summed E-state index contributed by atoms with van der Waals surface area (Å²) in [5.74, 6) is 0.611. The summed E-state index contributed by atoms with van der Waals surface area (Å²) in [6.45, 7) is 1.72. The second-order valence-electron chi connectivity index (χ2n) is 1.32. The Morgan fingerprint density at radius 2 is 2.38 bits per heavy atom. The normalized spacial score (nSPS) is 8.12. The third-order valence-electron chi connectivity index (χ3n) is 0.801. The summed E-state index contributed by atoms with van der Waals surface area (Å²) >= 11 is 0. The molecule has 0 aliphatic rings. The van der Waals surface area contributed by atoms with Gasteiger partial charge in [0, 0.05) is 6.20 Å². The standard InChI is InChI=1S/C4H6N2O.H2O/c1-4-5-2-3-6(4)7;/h2-3,7H,1H3;1H2. The predicted octanol–water partition coefficient (Wildman–Crippen LogP) is -0.396. The summed E-state index contributed by atoms with van der Waals surface area (Å²) in [6, 6.07) is 0. The first-order valence-corrected chi connectivity index (χ1v) is 2.00. The van der Waals surface area contributed by atoms with Gasteiger partial charge in [0.2, 0.25) is 0 Å². The van der Waals surface area contributed by atoms with Crippen molar-refractivity contribution >= 4 is 0 Å². The largest absolute Gasteiger partial charge is 0.427 e. The van der Waals surface area contributed by atoms with Gasteiger partial charge in [-0.1, -0.05) is 0 Å². The average Bonchev–Trinajstić information content (AvgIpc) is 1.91. The van der Waals surface area contributed by atoms with Gasteiger partial charge in [-0.3, -0.25) is 0 Å². The zero-order chi connectivity index (χ0) is 5.28. The molecule has 0 bridgehead atoms. The SMILES string of the molecule is Cc1nccn1O.O. The van der Waals surface area contributed by atoms with Crippen LogP contribution in [0, 0.1) is 6.92 Å². The van der Waals surface area contributed by atoms with Crippen molar-refractivity contribution in [2.45, 2.75) is 6.92 Å². The smallest absolute Gasteiger partial charge is 0.141 e. The van der Waals surface area contributed by atoms with Crippen LogP contribution in [0.5, 0.6) is 0 Å². The van der Waals surface area contributed by atoms with Crippen molar-refractivity contribution < 1.29 is 10.7 Å². The van der Waals surface area contributed by atoms with E-state index in [-0.39, 0.29) is 5.48 Å². The van der Waals surface area contributed by atoms with Crippen LogP contribution in [0.4, 0.5) is 0 Å². The molecule has 0 saturated carbocycles. The highest BCUT2D eigenvalue weighted by molar-refractivity contribution is 4.83. The molecule has 0 atom stereocenters. The van der Waals surface area contributed by atoms with Crippen LogP contribution in [0.1, 0.15) is 5.82 Å². The molecule has 8 heavy (non-hydrogen) atoms. The molecule has 46 valence electrons. The summed E-state index contributed by atoms with van der Waals surface area (Å²) in [4.78, 5) is 3.73. The summed E-state index contributed by atoms with van der Waals surface area (Å²) in [7, 11) is 0. The lowest BCUT2D eigenvalue weighted by atomic mass is 10.7. The second-order valence-corrected chi connectivity index (χ2v) is 1.32. The average molecular weight is 116 g/mol. The van der Waals surface area contributed by atoms with Gasteiger partial charge in [-0.05, 0) is 6.92 Å². The van der Waals surface area contributed by atoms with Gasteiger partial charge < -0.3 is 10.7 Å². The van der Waals surface area contributed by atoms with E-state index in [4.69, 9.17) is 5.21 Å². The lowest BCUT2D eigenvalue weighted by Crippen LogP contribution is -1.89. The Morgan fingerprint density at radius 1 is 1.75 bits per heavy atom. The highest BCUT2D eigenvalue weighted by Gasteiger charge is 1.86. The molecule has 0 radical (unpaired) electrons. The summed E-state index contributed by atoms with van der Waals surface area (Å²) in [5.41, 5.74) is 0. The van der Waals surface area contributed by atoms with Gasteiger partial charge >= 0.3 is 0 Å². The van der Waals surface area contributed by atoms with Crippen LogP contribution in [0.25, 0.3) is 0 Å². The van der Waals surface area contributed by atoms with Crippen LogP contribution < -0.4 is 0 Å². The van der Waals surface area contributed by atoms with Gasteiger partial charge in [0.25, 0.3) is 0 Å². The van der Waals surface area contributed by atoms with Crippen molar-refractivity contribution in [2.24, 2.45) is 0 Å². The third-order valence-corrected chi connectivity index (χ3v) is 0.801. The number of nitrogens with zero attached hydrogens (tertiary/aromatic N) is 2. The first-order chi connectivity index (χ1) is 3.30. The van der Waals surface area contributed by atoms with Crippen LogP contribution in [0.15, 0.2) is 12.4 Å². The molecule has 0 aliphatic heterocycles. The summed E-state index contributed by atoms with van der Waals surface area (Å²) in [5, 5.41) is 8.61. The van der Waals surface area contributed by atoms with E-state index in [1.165, 1.54) is 12.4 Å². The van der Waals surface area contributed by atoms with Crippen LogP contribution in [-0.2, 0) is 0 Å². The fraction of sp³-hybridized carbons (Fsp3) is 0.250. The van der Waals surface area contributed by atoms with Crippen molar-refractivity contribution in [2.75, 3.05) is 0 Å². The highest BCUT2D eigenvalue weighted by Crippen LogP contribution is 1.86. The molecule has 1 aromatic heterocycles. The zero-order valence-electron chi connectivity index (χ0n) is 4.50. The molecule has 0 aromatic carbocycles. The van der Waals surface area contributed by atoms with E-state index in [2.05, 4.69) is 4.98 Å². The maximum atomic E-state index is 8.61. The lowest BCUT2D eigenvalue weighted by molar-refractivity contribution is 0.179. The Labute approximate surface area is 46.7 Å². The second kappa shape index (κ2) is 2.32.